The van der Waals surface area contributed by atoms with Gasteiger partial charge in [-0.25, -0.2) is 9.97 Å². The fourth-order valence-corrected chi connectivity index (χ4v) is 1.86. The molecule has 1 N–H and O–H groups in total. The summed E-state index contributed by atoms with van der Waals surface area (Å²) in [6.45, 7) is 9.47. The molecule has 0 aromatic carbocycles. The average Bonchev–Trinajstić information content (AvgIpc) is 2.26. The van der Waals surface area contributed by atoms with E-state index in [4.69, 9.17) is 16.3 Å². The molecular weight excluding hydrogens is 238 g/mol. The van der Waals surface area contributed by atoms with Gasteiger partial charge in [-0.15, -0.1) is 0 Å². The first-order chi connectivity index (χ1) is 8.00. The van der Waals surface area contributed by atoms with Crippen molar-refractivity contribution in [3.63, 3.8) is 0 Å². The number of ether oxygens (including phenoxy) is 1. The largest absolute Gasteiger partial charge is 0.374 e. The van der Waals surface area contributed by atoms with Crippen LogP contribution in [0.15, 0.2) is 6.33 Å². The minimum absolute atomic E-state index is 0.225. The molecule has 0 amide bonds. The molecule has 0 aliphatic carbocycles. The minimum atomic E-state index is -0.225. The van der Waals surface area contributed by atoms with Gasteiger partial charge in [0.25, 0.3) is 0 Å². The van der Waals surface area contributed by atoms with Gasteiger partial charge < -0.3 is 10.1 Å². The van der Waals surface area contributed by atoms with Gasteiger partial charge >= 0.3 is 0 Å². The van der Waals surface area contributed by atoms with Gasteiger partial charge in [-0.1, -0.05) is 18.5 Å². The SMILES string of the molecule is CCOC(C)(C)CNc1ncnc(Cl)c1CC. The van der Waals surface area contributed by atoms with Crippen LogP contribution in [0.2, 0.25) is 5.15 Å². The maximum atomic E-state index is 6.02. The maximum absolute atomic E-state index is 6.02. The second kappa shape index (κ2) is 6.17. The van der Waals surface area contributed by atoms with Gasteiger partial charge in [-0.2, -0.15) is 0 Å². The lowest BCUT2D eigenvalue weighted by Gasteiger charge is -2.25. The Bertz CT molecular complexity index is 369. The molecule has 0 unspecified atom stereocenters. The van der Waals surface area contributed by atoms with Gasteiger partial charge in [0.2, 0.25) is 0 Å². The maximum Gasteiger partial charge on any atom is 0.137 e. The first kappa shape index (κ1) is 14.2. The van der Waals surface area contributed by atoms with E-state index in [1.807, 2.05) is 27.7 Å². The smallest absolute Gasteiger partial charge is 0.137 e. The summed E-state index contributed by atoms with van der Waals surface area (Å²) in [6.07, 6.45) is 2.27. The van der Waals surface area contributed by atoms with Crippen molar-refractivity contribution in [2.75, 3.05) is 18.5 Å². The monoisotopic (exact) mass is 257 g/mol. The molecule has 0 spiro atoms. The average molecular weight is 258 g/mol. The summed E-state index contributed by atoms with van der Waals surface area (Å²) < 4.78 is 5.62. The van der Waals surface area contributed by atoms with Gasteiger partial charge in [0, 0.05) is 18.7 Å². The van der Waals surface area contributed by atoms with Crippen molar-refractivity contribution in [3.05, 3.63) is 17.0 Å². The topological polar surface area (TPSA) is 47.0 Å². The van der Waals surface area contributed by atoms with Crippen molar-refractivity contribution in [1.29, 1.82) is 0 Å². The highest BCUT2D eigenvalue weighted by Gasteiger charge is 2.18. The summed E-state index contributed by atoms with van der Waals surface area (Å²) in [5, 5.41) is 3.78. The zero-order chi connectivity index (χ0) is 12.9. The molecule has 1 aromatic heterocycles. The fourth-order valence-electron chi connectivity index (χ4n) is 1.59. The predicted octanol–water partition coefficient (Wildman–Crippen LogP) is 2.92. The number of nitrogens with one attached hydrogen (secondary N) is 1. The van der Waals surface area contributed by atoms with E-state index in [1.165, 1.54) is 6.33 Å². The van der Waals surface area contributed by atoms with E-state index < -0.39 is 0 Å². The molecule has 1 heterocycles. The van der Waals surface area contributed by atoms with Gasteiger partial charge in [0.05, 0.1) is 5.60 Å². The predicted molar refractivity (Wildman–Crippen MR) is 70.6 cm³/mol. The standard InChI is InChI=1S/C12H20ClN3O/c1-5-9-10(13)15-8-16-11(9)14-7-12(3,4)17-6-2/h8H,5-7H2,1-4H3,(H,14,15,16). The number of hydrogen-bond acceptors (Lipinski definition) is 4. The van der Waals surface area contributed by atoms with Crippen LogP contribution in [0.5, 0.6) is 0 Å². The second-order valence-electron chi connectivity index (χ2n) is 4.39. The fraction of sp³-hybridized carbons (Fsp3) is 0.667. The number of hydrogen-bond donors (Lipinski definition) is 1. The molecular formula is C12H20ClN3O. The third kappa shape index (κ3) is 4.13. The van der Waals surface area contributed by atoms with Crippen LogP contribution in [0, 0.1) is 0 Å². The van der Waals surface area contributed by atoms with Gasteiger partial charge in [0.1, 0.15) is 17.3 Å². The molecule has 0 atom stereocenters. The van der Waals surface area contributed by atoms with E-state index in [9.17, 15) is 0 Å². The van der Waals surface area contributed by atoms with Crippen LogP contribution in [0.1, 0.15) is 33.3 Å². The van der Waals surface area contributed by atoms with Crippen LogP contribution < -0.4 is 5.32 Å². The van der Waals surface area contributed by atoms with Crippen molar-refractivity contribution in [1.82, 2.24) is 9.97 Å². The number of anilines is 1. The Labute approximate surface area is 108 Å². The van der Waals surface area contributed by atoms with Gasteiger partial charge in [-0.3, -0.25) is 0 Å². The summed E-state index contributed by atoms with van der Waals surface area (Å²) in [5.74, 6) is 0.792. The quantitative estimate of drug-likeness (QED) is 0.796. The summed E-state index contributed by atoms with van der Waals surface area (Å²) in [6, 6.07) is 0. The summed E-state index contributed by atoms with van der Waals surface area (Å²) >= 11 is 6.02. The zero-order valence-electron chi connectivity index (χ0n) is 10.9. The van der Waals surface area contributed by atoms with E-state index in [0.717, 1.165) is 17.8 Å². The molecule has 0 aliphatic heterocycles. The van der Waals surface area contributed by atoms with Crippen LogP contribution in [0.25, 0.3) is 0 Å². The lowest BCUT2D eigenvalue weighted by atomic mass is 10.1. The Hall–Kier alpha value is -0.870. The first-order valence-corrected chi connectivity index (χ1v) is 6.25. The number of rotatable bonds is 6. The van der Waals surface area contributed by atoms with E-state index in [2.05, 4.69) is 15.3 Å². The molecule has 0 bridgehead atoms. The number of nitrogens with zero attached hydrogens (tertiary/aromatic N) is 2. The van der Waals surface area contributed by atoms with Crippen molar-refractivity contribution < 1.29 is 4.74 Å². The summed E-state index contributed by atoms with van der Waals surface area (Å²) in [5.41, 5.74) is 0.721. The van der Waals surface area contributed by atoms with Crippen LogP contribution >= 0.6 is 11.6 Å². The molecule has 0 saturated carbocycles. The Morgan fingerprint density at radius 2 is 2.06 bits per heavy atom. The van der Waals surface area contributed by atoms with E-state index in [-0.39, 0.29) is 5.60 Å². The molecule has 4 nitrogen and oxygen atoms in total. The van der Waals surface area contributed by atoms with Crippen LogP contribution in [0.3, 0.4) is 0 Å². The highest BCUT2D eigenvalue weighted by molar-refractivity contribution is 6.30. The van der Waals surface area contributed by atoms with E-state index in [0.29, 0.717) is 18.3 Å². The summed E-state index contributed by atoms with van der Waals surface area (Å²) in [4.78, 5) is 8.19. The Kier molecular flexibility index (Phi) is 5.15. The molecule has 0 radical (unpaired) electrons. The van der Waals surface area contributed by atoms with Crippen molar-refractivity contribution in [3.8, 4) is 0 Å². The lowest BCUT2D eigenvalue weighted by Crippen LogP contribution is -2.33. The molecule has 0 aliphatic rings. The molecule has 5 heteroatoms. The summed E-state index contributed by atoms with van der Waals surface area (Å²) in [7, 11) is 0. The van der Waals surface area contributed by atoms with Gasteiger partial charge in [0.15, 0.2) is 0 Å². The zero-order valence-corrected chi connectivity index (χ0v) is 11.6. The third-order valence-electron chi connectivity index (χ3n) is 2.46. The Morgan fingerprint density at radius 1 is 1.35 bits per heavy atom. The normalized spacial score (nSPS) is 11.6. The number of halogens is 1. The van der Waals surface area contributed by atoms with Gasteiger partial charge in [-0.05, 0) is 27.2 Å². The van der Waals surface area contributed by atoms with Crippen molar-refractivity contribution in [2.24, 2.45) is 0 Å². The molecule has 1 rings (SSSR count). The minimum Gasteiger partial charge on any atom is -0.374 e. The molecule has 17 heavy (non-hydrogen) atoms. The van der Waals surface area contributed by atoms with Crippen molar-refractivity contribution in [2.45, 2.75) is 39.7 Å². The molecule has 0 saturated heterocycles. The van der Waals surface area contributed by atoms with Crippen LogP contribution in [-0.2, 0) is 11.2 Å². The molecule has 1 aromatic rings. The highest BCUT2D eigenvalue weighted by atomic mass is 35.5. The Morgan fingerprint density at radius 3 is 2.65 bits per heavy atom. The molecule has 0 fully saturated rings. The first-order valence-electron chi connectivity index (χ1n) is 5.87. The van der Waals surface area contributed by atoms with E-state index >= 15 is 0 Å². The van der Waals surface area contributed by atoms with Crippen LogP contribution in [-0.4, -0.2) is 28.7 Å². The molecule has 96 valence electrons. The Balaban J connectivity index is 2.72. The van der Waals surface area contributed by atoms with Crippen LogP contribution in [0.4, 0.5) is 5.82 Å². The third-order valence-corrected chi connectivity index (χ3v) is 2.79. The lowest BCUT2D eigenvalue weighted by molar-refractivity contribution is 0.000631. The van der Waals surface area contributed by atoms with Crippen molar-refractivity contribution >= 4 is 17.4 Å². The second-order valence-corrected chi connectivity index (χ2v) is 4.75. The highest BCUT2D eigenvalue weighted by Crippen LogP contribution is 2.21. The number of aromatic nitrogens is 2. The van der Waals surface area contributed by atoms with E-state index in [1.54, 1.807) is 0 Å².